The van der Waals surface area contributed by atoms with Gasteiger partial charge in [-0.1, -0.05) is 30.3 Å². The number of alkyl carbamates (subject to hydrolysis) is 1. The highest BCUT2D eigenvalue weighted by Gasteiger charge is 2.21. The fourth-order valence-electron chi connectivity index (χ4n) is 2.33. The summed E-state index contributed by atoms with van der Waals surface area (Å²) in [6, 6.07) is 12.5. The molecular weight excluding hydrogens is 392 g/mol. The molecule has 2 atom stereocenters. The fraction of sp³-hybridized carbons (Fsp3) is 0.250. The molecule has 10 nitrogen and oxygen atoms in total. The third kappa shape index (κ3) is 6.89. The van der Waals surface area contributed by atoms with Gasteiger partial charge in [-0.05, 0) is 31.5 Å². The zero-order valence-electron chi connectivity index (χ0n) is 16.5. The Labute approximate surface area is 172 Å². The van der Waals surface area contributed by atoms with Crippen LogP contribution in [0.1, 0.15) is 19.4 Å². The molecule has 0 unspecified atom stereocenters. The van der Waals surface area contributed by atoms with E-state index in [2.05, 4.69) is 16.0 Å². The number of carbonyl (C=O) groups is 3. The number of amides is 3. The van der Waals surface area contributed by atoms with E-state index in [1.807, 2.05) is 18.2 Å². The van der Waals surface area contributed by atoms with Crippen molar-refractivity contribution in [2.45, 2.75) is 32.5 Å². The Hall–Kier alpha value is -3.95. The predicted octanol–water partition coefficient (Wildman–Crippen LogP) is 2.35. The summed E-state index contributed by atoms with van der Waals surface area (Å²) in [6.07, 6.45) is -0.760. The van der Waals surface area contributed by atoms with Crippen LogP contribution in [0.4, 0.5) is 16.2 Å². The first-order valence-corrected chi connectivity index (χ1v) is 9.09. The number of nitro groups is 1. The summed E-state index contributed by atoms with van der Waals surface area (Å²) in [7, 11) is 0. The van der Waals surface area contributed by atoms with Gasteiger partial charge in [0.15, 0.2) is 0 Å². The van der Waals surface area contributed by atoms with Crippen LogP contribution in [0.25, 0.3) is 0 Å². The van der Waals surface area contributed by atoms with Crippen LogP contribution in [0.3, 0.4) is 0 Å². The maximum absolute atomic E-state index is 12.2. The molecule has 0 radical (unpaired) electrons. The summed E-state index contributed by atoms with van der Waals surface area (Å²) in [6.45, 7) is 2.99. The van der Waals surface area contributed by atoms with Gasteiger partial charge < -0.3 is 20.7 Å². The molecule has 0 saturated heterocycles. The maximum atomic E-state index is 12.2. The van der Waals surface area contributed by atoms with Crippen LogP contribution in [0, 0.1) is 10.1 Å². The Morgan fingerprint density at radius 1 is 0.933 bits per heavy atom. The van der Waals surface area contributed by atoms with Crippen LogP contribution in [0.5, 0.6) is 0 Å². The average molecular weight is 414 g/mol. The monoisotopic (exact) mass is 414 g/mol. The molecule has 0 spiro atoms. The van der Waals surface area contributed by atoms with E-state index in [9.17, 15) is 24.5 Å². The molecule has 0 aromatic heterocycles. The highest BCUT2D eigenvalue weighted by molar-refractivity contribution is 5.97. The molecule has 0 aliphatic rings. The Morgan fingerprint density at radius 2 is 1.53 bits per heavy atom. The van der Waals surface area contributed by atoms with Gasteiger partial charge in [0.25, 0.3) is 5.69 Å². The average Bonchev–Trinajstić information content (AvgIpc) is 2.73. The first-order chi connectivity index (χ1) is 14.3. The maximum Gasteiger partial charge on any atom is 0.408 e. The van der Waals surface area contributed by atoms with E-state index in [-0.39, 0.29) is 12.3 Å². The predicted molar refractivity (Wildman–Crippen MR) is 109 cm³/mol. The van der Waals surface area contributed by atoms with Gasteiger partial charge in [0, 0.05) is 17.8 Å². The molecule has 10 heteroatoms. The Kier molecular flexibility index (Phi) is 7.86. The lowest BCUT2D eigenvalue weighted by molar-refractivity contribution is -0.384. The first-order valence-electron chi connectivity index (χ1n) is 9.09. The molecular formula is C20H22N4O6. The number of anilines is 1. The Balaban J connectivity index is 1.78. The molecule has 0 aliphatic carbocycles. The summed E-state index contributed by atoms with van der Waals surface area (Å²) in [5, 5.41) is 18.1. The highest BCUT2D eigenvalue weighted by atomic mass is 16.6. The van der Waals surface area contributed by atoms with Gasteiger partial charge in [0.1, 0.15) is 18.7 Å². The van der Waals surface area contributed by atoms with E-state index in [0.29, 0.717) is 5.69 Å². The second-order valence-corrected chi connectivity index (χ2v) is 6.45. The lowest BCUT2D eigenvalue weighted by atomic mass is 10.2. The molecule has 0 saturated carbocycles. The number of carbonyl (C=O) groups excluding carboxylic acids is 3. The molecule has 3 amide bonds. The number of nitrogens with one attached hydrogen (secondary N) is 3. The minimum absolute atomic E-state index is 0.0645. The van der Waals surface area contributed by atoms with Crippen LogP contribution in [-0.4, -0.2) is 34.9 Å². The van der Waals surface area contributed by atoms with Crippen molar-refractivity contribution in [3.63, 3.8) is 0 Å². The van der Waals surface area contributed by atoms with E-state index < -0.39 is 34.9 Å². The number of nitrogens with zero attached hydrogens (tertiary/aromatic N) is 1. The minimum atomic E-state index is -0.928. The summed E-state index contributed by atoms with van der Waals surface area (Å²) in [4.78, 5) is 46.3. The van der Waals surface area contributed by atoms with E-state index in [1.54, 1.807) is 12.1 Å². The third-order valence-electron chi connectivity index (χ3n) is 4.04. The van der Waals surface area contributed by atoms with Crippen molar-refractivity contribution in [1.82, 2.24) is 10.6 Å². The Bertz CT molecular complexity index is 901. The number of nitro benzene ring substituents is 1. The summed E-state index contributed by atoms with van der Waals surface area (Å²) in [5.74, 6) is -1.09. The molecule has 2 aromatic rings. The van der Waals surface area contributed by atoms with Crippen LogP contribution in [0.2, 0.25) is 0 Å². The van der Waals surface area contributed by atoms with Gasteiger partial charge in [-0.2, -0.15) is 0 Å². The smallest absolute Gasteiger partial charge is 0.408 e. The van der Waals surface area contributed by atoms with Crippen molar-refractivity contribution in [3.8, 4) is 0 Å². The fourth-order valence-corrected chi connectivity index (χ4v) is 2.33. The molecule has 158 valence electrons. The molecule has 0 bridgehead atoms. The molecule has 0 aliphatic heterocycles. The Morgan fingerprint density at radius 3 is 2.13 bits per heavy atom. The lowest BCUT2D eigenvalue weighted by Gasteiger charge is -2.18. The minimum Gasteiger partial charge on any atom is -0.445 e. The van der Waals surface area contributed by atoms with E-state index >= 15 is 0 Å². The van der Waals surface area contributed by atoms with Crippen LogP contribution in [-0.2, 0) is 20.9 Å². The lowest BCUT2D eigenvalue weighted by Crippen LogP contribution is -2.50. The number of rotatable bonds is 8. The highest BCUT2D eigenvalue weighted by Crippen LogP contribution is 2.15. The molecule has 3 N–H and O–H groups in total. The summed E-state index contributed by atoms with van der Waals surface area (Å²) in [5.41, 5.74) is 1.05. The van der Waals surface area contributed by atoms with E-state index in [4.69, 9.17) is 4.74 Å². The standard InChI is InChI=1S/C20H22N4O6/c1-13(19(26)23-16-8-10-17(11-9-16)24(28)29)21-18(25)14(2)22-20(27)30-12-15-6-4-3-5-7-15/h3-11,13-14H,12H2,1-2H3,(H,21,25)(H,22,27)(H,23,26)/t13-,14-/m1/s1. The molecule has 2 aromatic carbocycles. The number of hydrogen-bond acceptors (Lipinski definition) is 6. The molecule has 2 rings (SSSR count). The second-order valence-electron chi connectivity index (χ2n) is 6.45. The normalized spacial score (nSPS) is 12.2. The van der Waals surface area contributed by atoms with Crippen molar-refractivity contribution >= 4 is 29.3 Å². The van der Waals surface area contributed by atoms with Gasteiger partial charge >= 0.3 is 6.09 Å². The van der Waals surface area contributed by atoms with Crippen molar-refractivity contribution in [3.05, 3.63) is 70.3 Å². The SMILES string of the molecule is C[C@@H](NC(=O)OCc1ccccc1)C(=O)N[C@H](C)C(=O)Nc1ccc([N+](=O)[O-])cc1. The number of benzene rings is 2. The largest absolute Gasteiger partial charge is 0.445 e. The van der Waals surface area contributed by atoms with Gasteiger partial charge in [-0.25, -0.2) is 4.79 Å². The van der Waals surface area contributed by atoms with Gasteiger partial charge in [-0.15, -0.1) is 0 Å². The molecule has 30 heavy (non-hydrogen) atoms. The van der Waals surface area contributed by atoms with Crippen molar-refractivity contribution in [2.24, 2.45) is 0 Å². The number of ether oxygens (including phenoxy) is 1. The van der Waals surface area contributed by atoms with Gasteiger partial charge in [0.05, 0.1) is 4.92 Å². The molecule has 0 fully saturated rings. The summed E-state index contributed by atoms with van der Waals surface area (Å²) >= 11 is 0. The topological polar surface area (TPSA) is 140 Å². The van der Waals surface area contributed by atoms with Crippen molar-refractivity contribution in [2.75, 3.05) is 5.32 Å². The van der Waals surface area contributed by atoms with Crippen LogP contribution >= 0.6 is 0 Å². The summed E-state index contributed by atoms with van der Waals surface area (Å²) < 4.78 is 5.05. The zero-order chi connectivity index (χ0) is 22.1. The first kappa shape index (κ1) is 22.3. The van der Waals surface area contributed by atoms with Crippen LogP contribution in [0.15, 0.2) is 54.6 Å². The second kappa shape index (κ2) is 10.6. The quantitative estimate of drug-likeness (QED) is 0.447. The van der Waals surface area contributed by atoms with Gasteiger partial charge in [-0.3, -0.25) is 19.7 Å². The van der Waals surface area contributed by atoms with Crippen LogP contribution < -0.4 is 16.0 Å². The third-order valence-corrected chi connectivity index (χ3v) is 4.04. The van der Waals surface area contributed by atoms with Crippen molar-refractivity contribution in [1.29, 1.82) is 0 Å². The van der Waals surface area contributed by atoms with E-state index in [1.165, 1.54) is 38.1 Å². The van der Waals surface area contributed by atoms with Crippen molar-refractivity contribution < 1.29 is 24.0 Å². The zero-order valence-corrected chi connectivity index (χ0v) is 16.5. The number of hydrogen-bond donors (Lipinski definition) is 3. The molecule has 0 heterocycles. The van der Waals surface area contributed by atoms with E-state index in [0.717, 1.165) is 5.56 Å². The number of non-ortho nitro benzene ring substituents is 1. The van der Waals surface area contributed by atoms with Gasteiger partial charge in [0.2, 0.25) is 11.8 Å².